The van der Waals surface area contributed by atoms with Gasteiger partial charge in [-0.05, 0) is 30.0 Å². The van der Waals surface area contributed by atoms with Gasteiger partial charge in [-0.1, -0.05) is 61.3 Å². The zero-order valence-electron chi connectivity index (χ0n) is 16.4. The van der Waals surface area contributed by atoms with Gasteiger partial charge in [0.15, 0.2) is 5.78 Å². The quantitative estimate of drug-likeness (QED) is 0.689. The summed E-state index contributed by atoms with van der Waals surface area (Å²) in [5.41, 5.74) is -3.69. The predicted molar refractivity (Wildman–Crippen MR) is 114 cm³/mol. The highest BCUT2D eigenvalue weighted by molar-refractivity contribution is 6.42. The zero-order chi connectivity index (χ0) is 21.6. The van der Waals surface area contributed by atoms with Crippen molar-refractivity contribution < 1.29 is 19.8 Å². The smallest absolute Gasteiger partial charge is 0.211 e. The fourth-order valence-corrected chi connectivity index (χ4v) is 5.45. The number of carbonyl (C=O) groups is 2. The summed E-state index contributed by atoms with van der Waals surface area (Å²) in [5.74, 6) is -1.02. The van der Waals surface area contributed by atoms with Gasteiger partial charge in [0.1, 0.15) is 0 Å². The number of hydrogen-bond donors (Lipinski definition) is 2. The van der Waals surface area contributed by atoms with Crippen LogP contribution in [0.3, 0.4) is 0 Å². The minimum absolute atomic E-state index is 0.0309. The number of aliphatic hydroxyl groups is 2. The van der Waals surface area contributed by atoms with E-state index in [1.54, 1.807) is 42.5 Å². The van der Waals surface area contributed by atoms with Crippen molar-refractivity contribution in [3.05, 3.63) is 74.9 Å². The lowest BCUT2D eigenvalue weighted by Crippen LogP contribution is -2.58. The second-order valence-electron chi connectivity index (χ2n) is 8.95. The second kappa shape index (κ2) is 5.95. The monoisotopic (exact) mass is 443 g/mol. The van der Waals surface area contributed by atoms with Gasteiger partial charge < -0.3 is 15.1 Å². The molecule has 0 radical (unpaired) electrons. The Hall–Kier alpha value is -2.18. The van der Waals surface area contributed by atoms with E-state index in [1.165, 1.54) is 4.90 Å². The summed E-state index contributed by atoms with van der Waals surface area (Å²) in [6.07, 6.45) is 0.567. The maximum Gasteiger partial charge on any atom is 0.211 e. The number of halogens is 2. The normalized spacial score (nSPS) is 29.2. The number of carbonyl (C=O) groups excluding carboxylic acids is 2. The predicted octanol–water partition coefficient (Wildman–Crippen LogP) is 4.23. The number of fused-ring (bicyclic) bond motifs is 4. The molecule has 0 bridgehead atoms. The summed E-state index contributed by atoms with van der Waals surface area (Å²) in [7, 11) is 0. The highest BCUT2D eigenvalue weighted by atomic mass is 35.5. The molecule has 2 N–H and O–H groups in total. The molecule has 5 rings (SSSR count). The van der Waals surface area contributed by atoms with Crippen LogP contribution in [0.5, 0.6) is 0 Å². The SMILES string of the molecule is CC1(C)CC(=O)C2=C(C1)N(c1ccc(Cl)c(Cl)c1)[C@@]1(O)c3ccccc3C(=O)[C@@]21O. The summed E-state index contributed by atoms with van der Waals surface area (Å²) >= 11 is 12.3. The summed E-state index contributed by atoms with van der Waals surface area (Å²) in [6, 6.07) is 11.3. The Balaban J connectivity index is 1.87. The van der Waals surface area contributed by atoms with Crippen molar-refractivity contribution in [2.24, 2.45) is 5.41 Å². The molecule has 0 aromatic heterocycles. The number of nitrogens with zero attached hydrogens (tertiary/aromatic N) is 1. The molecule has 0 saturated heterocycles. The first-order valence-electron chi connectivity index (χ1n) is 9.63. The molecule has 2 aromatic rings. The van der Waals surface area contributed by atoms with Crippen LogP contribution in [0.15, 0.2) is 53.7 Å². The van der Waals surface area contributed by atoms with Gasteiger partial charge >= 0.3 is 0 Å². The molecule has 2 aliphatic carbocycles. The first kappa shape index (κ1) is 19.8. The van der Waals surface area contributed by atoms with E-state index in [9.17, 15) is 19.8 Å². The van der Waals surface area contributed by atoms with Gasteiger partial charge in [0.25, 0.3) is 0 Å². The minimum atomic E-state index is -2.40. The van der Waals surface area contributed by atoms with Crippen LogP contribution >= 0.6 is 23.2 Å². The Morgan fingerprint density at radius 1 is 0.967 bits per heavy atom. The topological polar surface area (TPSA) is 77.8 Å². The van der Waals surface area contributed by atoms with Crippen molar-refractivity contribution in [3.63, 3.8) is 0 Å². The number of anilines is 1. The lowest BCUT2D eigenvalue weighted by atomic mass is 9.72. The number of benzene rings is 2. The number of Topliss-reactive ketones (excluding diaryl/α,β-unsaturated/α-hetero) is 2. The molecule has 2 atom stereocenters. The third-order valence-electron chi connectivity index (χ3n) is 6.35. The van der Waals surface area contributed by atoms with Crippen LogP contribution in [0, 0.1) is 5.41 Å². The third kappa shape index (κ3) is 2.21. The van der Waals surface area contributed by atoms with E-state index in [0.29, 0.717) is 22.8 Å². The van der Waals surface area contributed by atoms with E-state index in [4.69, 9.17) is 23.2 Å². The summed E-state index contributed by atoms with van der Waals surface area (Å²) in [6.45, 7) is 3.89. The van der Waals surface area contributed by atoms with E-state index < -0.39 is 22.5 Å². The molecular formula is C23H19Cl2NO4. The molecular weight excluding hydrogens is 425 g/mol. The van der Waals surface area contributed by atoms with Crippen molar-refractivity contribution in [2.45, 2.75) is 38.0 Å². The van der Waals surface area contributed by atoms with Gasteiger partial charge in [-0.15, -0.1) is 0 Å². The van der Waals surface area contributed by atoms with Crippen LogP contribution in [0.25, 0.3) is 0 Å². The third-order valence-corrected chi connectivity index (χ3v) is 7.09. The molecule has 5 nitrogen and oxygen atoms in total. The van der Waals surface area contributed by atoms with Crippen LogP contribution in [0.1, 0.15) is 42.6 Å². The highest BCUT2D eigenvalue weighted by Gasteiger charge is 2.74. The molecule has 2 aromatic carbocycles. The van der Waals surface area contributed by atoms with Gasteiger partial charge in [-0.3, -0.25) is 9.59 Å². The van der Waals surface area contributed by atoms with Crippen molar-refractivity contribution in [1.29, 1.82) is 0 Å². The van der Waals surface area contributed by atoms with Gasteiger partial charge in [0.05, 0.1) is 15.6 Å². The molecule has 1 aliphatic heterocycles. The van der Waals surface area contributed by atoms with E-state index in [1.807, 2.05) is 13.8 Å². The van der Waals surface area contributed by atoms with Crippen LogP contribution in [0.2, 0.25) is 10.0 Å². The second-order valence-corrected chi connectivity index (χ2v) is 9.77. The molecule has 7 heteroatoms. The summed E-state index contributed by atoms with van der Waals surface area (Å²) in [4.78, 5) is 28.1. The number of hydrogen-bond acceptors (Lipinski definition) is 5. The van der Waals surface area contributed by atoms with Crippen LogP contribution < -0.4 is 4.90 Å². The maximum atomic E-state index is 13.4. The Kier molecular flexibility index (Phi) is 3.92. The molecule has 0 amide bonds. The van der Waals surface area contributed by atoms with E-state index >= 15 is 0 Å². The molecule has 0 spiro atoms. The van der Waals surface area contributed by atoms with Gasteiger partial charge in [0.2, 0.25) is 17.1 Å². The zero-order valence-corrected chi connectivity index (χ0v) is 17.9. The largest absolute Gasteiger partial charge is 0.372 e. The standard InChI is InChI=1S/C23H19Cl2NO4/c1-21(2)10-17-19(18(27)11-21)22(29)20(28)13-5-3-4-6-14(13)23(22,30)26(17)12-7-8-15(24)16(25)9-12/h3-9,29-30H,10-11H2,1-2H3/t22-,23+/m0/s1. The maximum absolute atomic E-state index is 13.4. The van der Waals surface area contributed by atoms with E-state index in [2.05, 4.69) is 0 Å². The van der Waals surface area contributed by atoms with Gasteiger partial charge in [-0.25, -0.2) is 0 Å². The summed E-state index contributed by atoms with van der Waals surface area (Å²) in [5, 5.41) is 24.5. The van der Waals surface area contributed by atoms with Crippen molar-refractivity contribution in [1.82, 2.24) is 0 Å². The Morgan fingerprint density at radius 2 is 1.67 bits per heavy atom. The fourth-order valence-electron chi connectivity index (χ4n) is 5.16. The van der Waals surface area contributed by atoms with E-state index in [0.717, 1.165) is 0 Å². The molecule has 1 heterocycles. The van der Waals surface area contributed by atoms with Crippen LogP contribution in [-0.2, 0) is 10.5 Å². The first-order chi connectivity index (χ1) is 14.0. The van der Waals surface area contributed by atoms with Crippen molar-refractivity contribution >= 4 is 40.5 Å². The molecule has 30 heavy (non-hydrogen) atoms. The number of ketones is 2. The number of allylic oxidation sites excluding steroid dienone is 1. The minimum Gasteiger partial charge on any atom is -0.372 e. The van der Waals surface area contributed by atoms with Crippen molar-refractivity contribution in [3.8, 4) is 0 Å². The van der Waals surface area contributed by atoms with E-state index in [-0.39, 0.29) is 33.9 Å². The van der Waals surface area contributed by atoms with Crippen LogP contribution in [-0.4, -0.2) is 27.4 Å². The van der Waals surface area contributed by atoms with Crippen LogP contribution in [0.4, 0.5) is 5.69 Å². The van der Waals surface area contributed by atoms with Crippen molar-refractivity contribution in [2.75, 3.05) is 4.90 Å². The Bertz CT molecular complexity index is 1190. The molecule has 0 fully saturated rings. The Labute approximate surface area is 183 Å². The lowest BCUT2D eigenvalue weighted by molar-refractivity contribution is -0.124. The number of rotatable bonds is 1. The lowest BCUT2D eigenvalue weighted by Gasteiger charge is -2.41. The van der Waals surface area contributed by atoms with Gasteiger partial charge in [-0.2, -0.15) is 0 Å². The summed E-state index contributed by atoms with van der Waals surface area (Å²) < 4.78 is 0. The average Bonchev–Trinajstić information content (AvgIpc) is 2.97. The first-order valence-corrected chi connectivity index (χ1v) is 10.4. The molecule has 0 saturated carbocycles. The average molecular weight is 444 g/mol. The van der Waals surface area contributed by atoms with Gasteiger partial charge in [0, 0.05) is 28.9 Å². The highest BCUT2D eigenvalue weighted by Crippen LogP contribution is 2.61. The molecule has 154 valence electrons. The molecule has 3 aliphatic rings. The Morgan fingerprint density at radius 3 is 2.37 bits per heavy atom. The fraction of sp³-hybridized carbons (Fsp3) is 0.304. The molecule has 0 unspecified atom stereocenters.